The molecule has 150 valence electrons. The summed E-state index contributed by atoms with van der Waals surface area (Å²) in [7, 11) is 3.35. The molecule has 2 amide bonds. The summed E-state index contributed by atoms with van der Waals surface area (Å²) in [4.78, 5) is 28.5. The van der Waals surface area contributed by atoms with Gasteiger partial charge in [0.1, 0.15) is 0 Å². The summed E-state index contributed by atoms with van der Waals surface area (Å²) in [6.07, 6.45) is 1.58. The molecular weight excluding hydrogens is 374 g/mol. The van der Waals surface area contributed by atoms with E-state index in [-0.39, 0.29) is 11.8 Å². The Balaban J connectivity index is 1.63. The van der Waals surface area contributed by atoms with Crippen LogP contribution in [0.2, 0.25) is 0 Å². The van der Waals surface area contributed by atoms with Crippen molar-refractivity contribution >= 4 is 29.1 Å². The second-order valence-corrected chi connectivity index (χ2v) is 6.99. The van der Waals surface area contributed by atoms with Gasteiger partial charge in [-0.1, -0.05) is 18.2 Å². The van der Waals surface area contributed by atoms with Crippen molar-refractivity contribution in [1.82, 2.24) is 21.3 Å². The van der Waals surface area contributed by atoms with E-state index in [1.165, 1.54) is 11.3 Å². The van der Waals surface area contributed by atoms with Crippen LogP contribution in [0.15, 0.2) is 46.8 Å². The molecule has 0 fully saturated rings. The summed E-state index contributed by atoms with van der Waals surface area (Å²) in [5.74, 6) is 0.599. The van der Waals surface area contributed by atoms with E-state index in [2.05, 4.69) is 26.3 Å². The number of amides is 2. The lowest BCUT2D eigenvalue weighted by Crippen LogP contribution is -2.39. The average molecular weight is 402 g/mol. The molecule has 0 aliphatic carbocycles. The third-order valence-electron chi connectivity index (χ3n) is 4.02. The minimum Gasteiger partial charge on any atom is -0.356 e. The van der Waals surface area contributed by atoms with Gasteiger partial charge in [0.2, 0.25) is 0 Å². The van der Waals surface area contributed by atoms with Gasteiger partial charge < -0.3 is 21.3 Å². The number of carbonyl (C=O) groups is 2. The molecule has 1 aromatic carbocycles. The maximum atomic E-state index is 11.8. The van der Waals surface area contributed by atoms with Crippen molar-refractivity contribution in [1.29, 1.82) is 0 Å². The molecule has 0 spiro atoms. The summed E-state index contributed by atoms with van der Waals surface area (Å²) in [5, 5.41) is 13.9. The fraction of sp³-hybridized carbons (Fsp3) is 0.350. The Bertz CT molecular complexity index is 790. The van der Waals surface area contributed by atoms with Gasteiger partial charge in [-0.05, 0) is 42.0 Å². The molecule has 1 aromatic heterocycles. The number of nitrogens with zero attached hydrogens (tertiary/aromatic N) is 1. The van der Waals surface area contributed by atoms with E-state index in [1.54, 1.807) is 20.2 Å². The maximum Gasteiger partial charge on any atom is 0.261 e. The number of carbonyl (C=O) groups excluding carboxylic acids is 2. The summed E-state index contributed by atoms with van der Waals surface area (Å²) >= 11 is 1.44. The van der Waals surface area contributed by atoms with Crippen molar-refractivity contribution in [2.75, 3.05) is 33.7 Å². The molecule has 0 bridgehead atoms. The maximum absolute atomic E-state index is 11.8. The van der Waals surface area contributed by atoms with Crippen LogP contribution in [0.4, 0.5) is 0 Å². The SMILES string of the molecule is CN=C(NCCCNC(=O)c1cccs1)NCCc1cccc(C(=O)NC)c1. The topological polar surface area (TPSA) is 94.6 Å². The van der Waals surface area contributed by atoms with E-state index >= 15 is 0 Å². The van der Waals surface area contributed by atoms with Crippen LogP contribution in [0.25, 0.3) is 0 Å². The largest absolute Gasteiger partial charge is 0.356 e. The highest BCUT2D eigenvalue weighted by Gasteiger charge is 2.05. The van der Waals surface area contributed by atoms with Crippen LogP contribution >= 0.6 is 11.3 Å². The van der Waals surface area contributed by atoms with E-state index in [0.717, 1.165) is 23.3 Å². The number of aliphatic imine (C=N–C) groups is 1. The minimum absolute atomic E-state index is 0.0310. The van der Waals surface area contributed by atoms with Crippen LogP contribution in [0, 0.1) is 0 Å². The second kappa shape index (κ2) is 11.8. The first-order chi connectivity index (χ1) is 13.6. The molecule has 2 rings (SSSR count). The summed E-state index contributed by atoms with van der Waals surface area (Å²) in [6.45, 7) is 2.01. The van der Waals surface area contributed by atoms with Gasteiger partial charge in [0, 0.05) is 39.3 Å². The monoisotopic (exact) mass is 401 g/mol. The van der Waals surface area contributed by atoms with E-state index in [4.69, 9.17) is 0 Å². The number of rotatable bonds is 9. The summed E-state index contributed by atoms with van der Waals surface area (Å²) in [5.41, 5.74) is 1.74. The molecule has 7 nitrogen and oxygen atoms in total. The number of nitrogens with one attached hydrogen (secondary N) is 4. The zero-order valence-corrected chi connectivity index (χ0v) is 17.1. The standard InChI is InChI=1S/C20H27N5O2S/c1-21-18(26)16-7-3-6-15(14-16)9-12-25-20(22-2)24-11-5-10-23-19(27)17-8-4-13-28-17/h3-4,6-8,13-14H,5,9-12H2,1-2H3,(H,21,26)(H,23,27)(H2,22,24,25). The Kier molecular flexibility index (Phi) is 9.00. The quantitative estimate of drug-likeness (QED) is 0.292. The fourth-order valence-electron chi connectivity index (χ4n) is 2.55. The third kappa shape index (κ3) is 7.03. The molecule has 0 saturated carbocycles. The number of benzene rings is 1. The normalized spacial score (nSPS) is 11.0. The predicted octanol–water partition coefficient (Wildman–Crippen LogP) is 1.64. The van der Waals surface area contributed by atoms with Crippen molar-refractivity contribution in [2.24, 2.45) is 4.99 Å². The molecule has 2 aromatic rings. The molecule has 0 saturated heterocycles. The Labute approximate surface area is 169 Å². The number of guanidine groups is 1. The van der Waals surface area contributed by atoms with Gasteiger partial charge in [-0.2, -0.15) is 0 Å². The number of hydrogen-bond acceptors (Lipinski definition) is 4. The van der Waals surface area contributed by atoms with Gasteiger partial charge in [0.25, 0.3) is 11.8 Å². The van der Waals surface area contributed by atoms with Crippen LogP contribution in [-0.2, 0) is 6.42 Å². The molecule has 8 heteroatoms. The Morgan fingerprint density at radius 3 is 2.50 bits per heavy atom. The lowest BCUT2D eigenvalue weighted by atomic mass is 10.1. The zero-order chi connectivity index (χ0) is 20.2. The second-order valence-electron chi connectivity index (χ2n) is 6.04. The van der Waals surface area contributed by atoms with Crippen LogP contribution in [0.3, 0.4) is 0 Å². The molecular formula is C20H27N5O2S. The van der Waals surface area contributed by atoms with Gasteiger partial charge in [-0.15, -0.1) is 11.3 Å². The first kappa shape index (κ1) is 21.4. The molecule has 0 aliphatic rings. The molecule has 28 heavy (non-hydrogen) atoms. The van der Waals surface area contributed by atoms with E-state index in [1.807, 2.05) is 35.7 Å². The van der Waals surface area contributed by atoms with E-state index < -0.39 is 0 Å². The number of thiophene rings is 1. The number of hydrogen-bond donors (Lipinski definition) is 4. The zero-order valence-electron chi connectivity index (χ0n) is 16.2. The van der Waals surface area contributed by atoms with Gasteiger partial charge >= 0.3 is 0 Å². The van der Waals surface area contributed by atoms with Gasteiger partial charge in [-0.25, -0.2) is 0 Å². The first-order valence-electron chi connectivity index (χ1n) is 9.21. The van der Waals surface area contributed by atoms with Crippen molar-refractivity contribution in [3.8, 4) is 0 Å². The third-order valence-corrected chi connectivity index (χ3v) is 4.89. The molecule has 1 heterocycles. The van der Waals surface area contributed by atoms with Crippen LogP contribution in [0.5, 0.6) is 0 Å². The molecule has 0 aliphatic heterocycles. The molecule has 0 atom stereocenters. The van der Waals surface area contributed by atoms with Crippen molar-refractivity contribution < 1.29 is 9.59 Å². The summed E-state index contributed by atoms with van der Waals surface area (Å²) < 4.78 is 0. The highest BCUT2D eigenvalue weighted by molar-refractivity contribution is 7.12. The Morgan fingerprint density at radius 1 is 1.00 bits per heavy atom. The van der Waals surface area contributed by atoms with Crippen LogP contribution in [-0.4, -0.2) is 51.5 Å². The van der Waals surface area contributed by atoms with Crippen molar-refractivity contribution in [2.45, 2.75) is 12.8 Å². The Morgan fingerprint density at radius 2 is 1.79 bits per heavy atom. The van der Waals surface area contributed by atoms with Crippen molar-refractivity contribution in [3.05, 3.63) is 57.8 Å². The Hall–Kier alpha value is -2.87. The fourth-order valence-corrected chi connectivity index (χ4v) is 3.19. The highest BCUT2D eigenvalue weighted by atomic mass is 32.1. The van der Waals surface area contributed by atoms with E-state index in [0.29, 0.717) is 31.2 Å². The molecule has 0 unspecified atom stereocenters. The van der Waals surface area contributed by atoms with Gasteiger partial charge in [-0.3, -0.25) is 14.6 Å². The average Bonchev–Trinajstić information content (AvgIpc) is 3.26. The molecule has 4 N–H and O–H groups in total. The summed E-state index contributed by atoms with van der Waals surface area (Å²) in [6, 6.07) is 11.3. The van der Waals surface area contributed by atoms with Crippen molar-refractivity contribution in [3.63, 3.8) is 0 Å². The molecule has 0 radical (unpaired) electrons. The minimum atomic E-state index is -0.0848. The van der Waals surface area contributed by atoms with Gasteiger partial charge in [0.15, 0.2) is 5.96 Å². The van der Waals surface area contributed by atoms with Crippen LogP contribution < -0.4 is 21.3 Å². The van der Waals surface area contributed by atoms with E-state index in [9.17, 15) is 9.59 Å². The highest BCUT2D eigenvalue weighted by Crippen LogP contribution is 2.07. The smallest absolute Gasteiger partial charge is 0.261 e. The van der Waals surface area contributed by atoms with Crippen LogP contribution in [0.1, 0.15) is 32.0 Å². The first-order valence-corrected chi connectivity index (χ1v) is 10.1. The lowest BCUT2D eigenvalue weighted by Gasteiger charge is -2.12. The predicted molar refractivity (Wildman–Crippen MR) is 114 cm³/mol. The van der Waals surface area contributed by atoms with Gasteiger partial charge in [0.05, 0.1) is 4.88 Å². The lowest BCUT2D eigenvalue weighted by molar-refractivity contribution is 0.0951.